The van der Waals surface area contributed by atoms with E-state index in [1.54, 1.807) is 0 Å². The van der Waals surface area contributed by atoms with E-state index in [9.17, 15) is 4.79 Å². The third kappa shape index (κ3) is 3.19. The molecule has 0 bridgehead atoms. The van der Waals surface area contributed by atoms with E-state index in [1.807, 2.05) is 24.3 Å². The van der Waals surface area contributed by atoms with Crippen molar-refractivity contribution in [1.82, 2.24) is 0 Å². The van der Waals surface area contributed by atoms with Crippen LogP contribution in [0.25, 0.3) is 0 Å². The van der Waals surface area contributed by atoms with Gasteiger partial charge in [0.15, 0.2) is 0 Å². The van der Waals surface area contributed by atoms with E-state index >= 15 is 0 Å². The van der Waals surface area contributed by atoms with Gasteiger partial charge in [0.05, 0.1) is 0 Å². The third-order valence-electron chi connectivity index (χ3n) is 2.80. The second-order valence-corrected chi connectivity index (χ2v) is 5.79. The molecule has 3 heteroatoms. The number of rotatable bonds is 3. The topological polar surface area (TPSA) is 29.1 Å². The van der Waals surface area contributed by atoms with Gasteiger partial charge in [-0.2, -0.15) is 0 Å². The van der Waals surface area contributed by atoms with Crippen LogP contribution in [0.5, 0.6) is 0 Å². The molecule has 0 saturated heterocycles. The average Bonchev–Trinajstić information content (AvgIpc) is 2.82. The van der Waals surface area contributed by atoms with Gasteiger partial charge in [-0.25, -0.2) is 0 Å². The van der Waals surface area contributed by atoms with Crippen molar-refractivity contribution in [2.75, 3.05) is 5.32 Å². The first-order valence-corrected chi connectivity index (χ1v) is 6.21. The van der Waals surface area contributed by atoms with Gasteiger partial charge in [0.2, 0.25) is 5.91 Å². The Morgan fingerprint density at radius 2 is 2.27 bits per heavy atom. The highest BCUT2D eigenvalue weighted by atomic mass is 127. The fourth-order valence-corrected chi connectivity index (χ4v) is 2.09. The Kier molecular flexibility index (Phi) is 3.00. The zero-order chi connectivity index (χ0) is 10.9. The molecule has 2 nitrogen and oxygen atoms in total. The summed E-state index contributed by atoms with van der Waals surface area (Å²) in [6.07, 6.45) is 3.03. The lowest BCUT2D eigenvalue weighted by Crippen LogP contribution is -2.15. The number of halogens is 1. The van der Waals surface area contributed by atoms with Gasteiger partial charge in [-0.05, 0) is 59.0 Å². The Balaban J connectivity index is 1.93. The van der Waals surface area contributed by atoms with Crippen molar-refractivity contribution in [2.24, 2.45) is 5.41 Å². The highest BCUT2D eigenvalue weighted by Crippen LogP contribution is 2.48. The van der Waals surface area contributed by atoms with Gasteiger partial charge in [-0.1, -0.05) is 13.0 Å². The number of anilines is 1. The monoisotopic (exact) mass is 315 g/mol. The molecule has 0 aromatic heterocycles. The van der Waals surface area contributed by atoms with Crippen LogP contribution >= 0.6 is 22.6 Å². The van der Waals surface area contributed by atoms with Crippen molar-refractivity contribution in [1.29, 1.82) is 0 Å². The van der Waals surface area contributed by atoms with Crippen LogP contribution < -0.4 is 5.32 Å². The van der Waals surface area contributed by atoms with E-state index < -0.39 is 0 Å². The molecular weight excluding hydrogens is 301 g/mol. The molecule has 1 saturated carbocycles. The van der Waals surface area contributed by atoms with E-state index in [-0.39, 0.29) is 11.3 Å². The van der Waals surface area contributed by atoms with Gasteiger partial charge in [0.25, 0.3) is 0 Å². The Labute approximate surface area is 104 Å². The molecule has 1 aromatic carbocycles. The third-order valence-corrected chi connectivity index (χ3v) is 3.47. The van der Waals surface area contributed by atoms with Crippen LogP contribution in [-0.2, 0) is 4.79 Å². The predicted molar refractivity (Wildman–Crippen MR) is 69.7 cm³/mol. The molecule has 1 fully saturated rings. The normalized spacial score (nSPS) is 17.2. The van der Waals surface area contributed by atoms with Gasteiger partial charge >= 0.3 is 0 Å². The van der Waals surface area contributed by atoms with Gasteiger partial charge in [-0.3, -0.25) is 4.79 Å². The summed E-state index contributed by atoms with van der Waals surface area (Å²) in [7, 11) is 0. The van der Waals surface area contributed by atoms with Gasteiger partial charge in [0.1, 0.15) is 0 Å². The molecule has 80 valence electrons. The second-order valence-electron chi connectivity index (χ2n) is 4.55. The molecule has 0 atom stereocenters. The lowest BCUT2D eigenvalue weighted by molar-refractivity contribution is -0.117. The summed E-state index contributed by atoms with van der Waals surface area (Å²) in [4.78, 5) is 11.7. The Morgan fingerprint density at radius 1 is 1.53 bits per heavy atom. The molecule has 1 N–H and O–H groups in total. The van der Waals surface area contributed by atoms with E-state index in [0.717, 1.165) is 9.26 Å². The summed E-state index contributed by atoms with van der Waals surface area (Å²) >= 11 is 2.24. The molecule has 2 rings (SSSR count). The number of hydrogen-bond donors (Lipinski definition) is 1. The minimum atomic E-state index is 0.136. The lowest BCUT2D eigenvalue weighted by Gasteiger charge is -2.09. The van der Waals surface area contributed by atoms with Crippen molar-refractivity contribution in [3.8, 4) is 0 Å². The Hall–Kier alpha value is -0.580. The Morgan fingerprint density at radius 3 is 2.87 bits per heavy atom. The fraction of sp³-hybridized carbons (Fsp3) is 0.417. The van der Waals surface area contributed by atoms with Crippen molar-refractivity contribution in [3.63, 3.8) is 0 Å². The smallest absolute Gasteiger partial charge is 0.224 e. The molecular formula is C12H14INO. The van der Waals surface area contributed by atoms with Crippen LogP contribution in [0.15, 0.2) is 24.3 Å². The number of carbonyl (C=O) groups excluding carboxylic acids is 1. The molecule has 1 amide bonds. The summed E-state index contributed by atoms with van der Waals surface area (Å²) in [5.74, 6) is 0.136. The molecule has 0 radical (unpaired) electrons. The number of carbonyl (C=O) groups is 1. The summed E-state index contributed by atoms with van der Waals surface area (Å²) < 4.78 is 1.14. The van der Waals surface area contributed by atoms with Crippen LogP contribution in [0.4, 0.5) is 5.69 Å². The fourth-order valence-electron chi connectivity index (χ4n) is 1.55. The van der Waals surface area contributed by atoms with Crippen LogP contribution in [-0.4, -0.2) is 5.91 Å². The van der Waals surface area contributed by atoms with Crippen molar-refractivity contribution in [2.45, 2.75) is 26.2 Å². The van der Waals surface area contributed by atoms with Gasteiger partial charge in [0, 0.05) is 15.7 Å². The minimum Gasteiger partial charge on any atom is -0.326 e. The SMILES string of the molecule is CC1(CC(=O)Nc2cccc(I)c2)CC1. The van der Waals surface area contributed by atoms with Crippen molar-refractivity contribution >= 4 is 34.2 Å². The predicted octanol–water partition coefficient (Wildman–Crippen LogP) is 3.42. The van der Waals surface area contributed by atoms with Crippen molar-refractivity contribution in [3.05, 3.63) is 27.8 Å². The van der Waals surface area contributed by atoms with Gasteiger partial charge < -0.3 is 5.32 Å². The van der Waals surface area contributed by atoms with Crippen LogP contribution in [0, 0.1) is 8.99 Å². The van der Waals surface area contributed by atoms with Crippen LogP contribution in [0.1, 0.15) is 26.2 Å². The molecule has 0 heterocycles. The first kappa shape index (κ1) is 10.9. The summed E-state index contributed by atoms with van der Waals surface area (Å²) in [6, 6.07) is 7.87. The lowest BCUT2D eigenvalue weighted by atomic mass is 10.1. The Bertz CT molecular complexity index is 385. The zero-order valence-electron chi connectivity index (χ0n) is 8.72. The highest BCUT2D eigenvalue weighted by molar-refractivity contribution is 14.1. The summed E-state index contributed by atoms with van der Waals surface area (Å²) in [5, 5.41) is 2.94. The second kappa shape index (κ2) is 4.12. The van der Waals surface area contributed by atoms with Crippen LogP contribution in [0.2, 0.25) is 0 Å². The summed E-state index contributed by atoms with van der Waals surface area (Å²) in [6.45, 7) is 2.17. The standard InChI is InChI=1S/C12H14INO/c1-12(5-6-12)8-11(15)14-10-4-2-3-9(13)7-10/h2-4,7H,5-6,8H2,1H3,(H,14,15). The number of hydrogen-bond acceptors (Lipinski definition) is 1. The number of benzene rings is 1. The molecule has 1 aliphatic rings. The molecule has 1 aliphatic carbocycles. The molecule has 0 spiro atoms. The van der Waals surface area contributed by atoms with E-state index in [0.29, 0.717) is 6.42 Å². The first-order valence-electron chi connectivity index (χ1n) is 5.13. The van der Waals surface area contributed by atoms with Gasteiger partial charge in [-0.15, -0.1) is 0 Å². The van der Waals surface area contributed by atoms with E-state index in [2.05, 4.69) is 34.8 Å². The van der Waals surface area contributed by atoms with E-state index in [1.165, 1.54) is 12.8 Å². The molecule has 15 heavy (non-hydrogen) atoms. The molecule has 0 aliphatic heterocycles. The minimum absolute atomic E-state index is 0.136. The average molecular weight is 315 g/mol. The zero-order valence-corrected chi connectivity index (χ0v) is 10.9. The first-order chi connectivity index (χ1) is 7.07. The van der Waals surface area contributed by atoms with Crippen LogP contribution in [0.3, 0.4) is 0 Å². The quantitative estimate of drug-likeness (QED) is 0.851. The molecule has 1 aromatic rings. The maximum Gasteiger partial charge on any atom is 0.224 e. The number of nitrogens with one attached hydrogen (secondary N) is 1. The van der Waals surface area contributed by atoms with E-state index in [4.69, 9.17) is 0 Å². The number of amides is 1. The molecule has 0 unspecified atom stereocenters. The largest absolute Gasteiger partial charge is 0.326 e. The highest BCUT2D eigenvalue weighted by Gasteiger charge is 2.39. The van der Waals surface area contributed by atoms with Crippen molar-refractivity contribution < 1.29 is 4.79 Å². The maximum absolute atomic E-state index is 11.7. The summed E-state index contributed by atoms with van der Waals surface area (Å²) in [5.41, 5.74) is 1.18. The maximum atomic E-state index is 11.7.